The average Bonchev–Trinajstić information content (AvgIpc) is 3.12. The minimum absolute atomic E-state index is 0. The number of carbonyl (C=O) groups excluding carboxylic acids is 1. The number of rotatable bonds is 8. The van der Waals surface area contributed by atoms with Gasteiger partial charge in [-0.15, -0.1) is 35.3 Å². The van der Waals surface area contributed by atoms with Crippen LogP contribution in [0, 0.1) is 0 Å². The van der Waals surface area contributed by atoms with E-state index in [1.54, 1.807) is 18.4 Å². The molecule has 1 aromatic heterocycles. The highest BCUT2D eigenvalue weighted by atomic mass is 127. The van der Waals surface area contributed by atoms with Crippen molar-refractivity contribution in [3.63, 3.8) is 0 Å². The first-order valence-corrected chi connectivity index (χ1v) is 9.66. The average molecular weight is 501 g/mol. The van der Waals surface area contributed by atoms with Crippen LogP contribution in [-0.4, -0.2) is 37.0 Å². The molecule has 148 valence electrons. The van der Waals surface area contributed by atoms with Crippen LogP contribution in [0.5, 0.6) is 0 Å². The lowest BCUT2D eigenvalue weighted by Gasteiger charge is -2.11. The predicted molar refractivity (Wildman–Crippen MR) is 123 cm³/mol. The van der Waals surface area contributed by atoms with E-state index in [1.807, 2.05) is 18.2 Å². The first kappa shape index (κ1) is 23.4. The third kappa shape index (κ3) is 8.70. The highest BCUT2D eigenvalue weighted by molar-refractivity contribution is 14.0. The van der Waals surface area contributed by atoms with E-state index in [9.17, 15) is 4.79 Å². The molecule has 1 amide bonds. The lowest BCUT2D eigenvalue weighted by atomic mass is 10.1. The Bertz CT molecular complexity index is 718. The number of amides is 1. The van der Waals surface area contributed by atoms with Crippen LogP contribution in [0.4, 0.5) is 0 Å². The van der Waals surface area contributed by atoms with E-state index in [4.69, 9.17) is 0 Å². The van der Waals surface area contributed by atoms with Crippen LogP contribution < -0.4 is 16.0 Å². The largest absolute Gasteiger partial charge is 0.354 e. The van der Waals surface area contributed by atoms with Crippen molar-refractivity contribution >= 4 is 47.2 Å². The minimum Gasteiger partial charge on any atom is -0.354 e. The Morgan fingerprint density at radius 1 is 1.19 bits per heavy atom. The molecule has 0 saturated heterocycles. The fourth-order valence-electron chi connectivity index (χ4n) is 2.27. The fourth-order valence-corrected chi connectivity index (χ4v) is 3.16. The Hall–Kier alpha value is -1.68. The zero-order chi connectivity index (χ0) is 18.8. The van der Waals surface area contributed by atoms with E-state index in [0.717, 1.165) is 17.1 Å². The van der Waals surface area contributed by atoms with E-state index in [2.05, 4.69) is 57.3 Å². The maximum Gasteiger partial charge on any atom is 0.239 e. The molecule has 0 bridgehead atoms. The first-order chi connectivity index (χ1) is 12.6. The van der Waals surface area contributed by atoms with Crippen LogP contribution in [0.1, 0.15) is 36.0 Å². The molecule has 0 aliphatic heterocycles. The highest BCUT2D eigenvalue weighted by Gasteiger charge is 2.07. The van der Waals surface area contributed by atoms with Crippen molar-refractivity contribution in [2.45, 2.75) is 32.7 Å². The molecule has 8 heteroatoms. The summed E-state index contributed by atoms with van der Waals surface area (Å²) >= 11 is 1.63. The molecular formula is C19H28IN5OS. The molecule has 3 N–H and O–H groups in total. The Morgan fingerprint density at radius 2 is 1.93 bits per heavy atom. The second-order valence-corrected chi connectivity index (χ2v) is 7.13. The zero-order valence-corrected chi connectivity index (χ0v) is 19.1. The SMILES string of the molecule is CN=C(NCC(=O)NCCc1ccccc1)NCc1nc(C(C)C)cs1.I. The summed E-state index contributed by atoms with van der Waals surface area (Å²) < 4.78 is 0. The van der Waals surface area contributed by atoms with Crippen molar-refractivity contribution in [1.82, 2.24) is 20.9 Å². The van der Waals surface area contributed by atoms with E-state index in [0.29, 0.717) is 25.0 Å². The van der Waals surface area contributed by atoms with Crippen molar-refractivity contribution in [2.75, 3.05) is 20.1 Å². The summed E-state index contributed by atoms with van der Waals surface area (Å²) in [6.45, 7) is 5.65. The smallest absolute Gasteiger partial charge is 0.239 e. The zero-order valence-electron chi connectivity index (χ0n) is 16.0. The highest BCUT2D eigenvalue weighted by Crippen LogP contribution is 2.17. The number of guanidine groups is 1. The maximum absolute atomic E-state index is 11.9. The molecule has 0 radical (unpaired) electrons. The summed E-state index contributed by atoms with van der Waals surface area (Å²) in [6.07, 6.45) is 0.821. The number of aliphatic imine (C=N–C) groups is 1. The molecular weight excluding hydrogens is 473 g/mol. The summed E-state index contributed by atoms with van der Waals surface area (Å²) in [7, 11) is 1.68. The fraction of sp³-hybridized carbons (Fsp3) is 0.421. The molecule has 1 heterocycles. The van der Waals surface area contributed by atoms with Gasteiger partial charge in [-0.3, -0.25) is 9.79 Å². The van der Waals surface area contributed by atoms with Crippen LogP contribution in [-0.2, 0) is 17.8 Å². The molecule has 0 spiro atoms. The van der Waals surface area contributed by atoms with Crippen LogP contribution >= 0.6 is 35.3 Å². The van der Waals surface area contributed by atoms with Gasteiger partial charge in [-0.25, -0.2) is 4.98 Å². The van der Waals surface area contributed by atoms with Gasteiger partial charge >= 0.3 is 0 Å². The third-order valence-electron chi connectivity index (χ3n) is 3.79. The number of benzene rings is 1. The summed E-state index contributed by atoms with van der Waals surface area (Å²) in [5, 5.41) is 12.2. The molecule has 0 fully saturated rings. The van der Waals surface area contributed by atoms with Gasteiger partial charge in [0.2, 0.25) is 5.91 Å². The molecule has 0 aliphatic rings. The van der Waals surface area contributed by atoms with Crippen LogP contribution in [0.25, 0.3) is 0 Å². The lowest BCUT2D eigenvalue weighted by Crippen LogP contribution is -2.43. The number of halogens is 1. The standard InChI is InChI=1S/C19H27N5OS.HI/c1-14(2)16-13-26-18(24-16)12-23-19(20-3)22-11-17(25)21-10-9-15-7-5-4-6-8-15;/h4-8,13-14H,9-12H2,1-3H3,(H,21,25)(H2,20,22,23);1H. The van der Waals surface area contributed by atoms with E-state index < -0.39 is 0 Å². The normalized spacial score (nSPS) is 11.0. The topological polar surface area (TPSA) is 78.4 Å². The Labute approximate surface area is 182 Å². The van der Waals surface area contributed by atoms with Crippen molar-refractivity contribution in [3.05, 3.63) is 52.0 Å². The maximum atomic E-state index is 11.9. The quantitative estimate of drug-likeness (QED) is 0.295. The summed E-state index contributed by atoms with van der Waals surface area (Å²) in [5.74, 6) is 0.960. The Morgan fingerprint density at radius 3 is 2.56 bits per heavy atom. The van der Waals surface area contributed by atoms with Gasteiger partial charge in [0.05, 0.1) is 18.8 Å². The second kappa shape index (κ2) is 12.7. The van der Waals surface area contributed by atoms with Gasteiger partial charge in [-0.2, -0.15) is 0 Å². The first-order valence-electron chi connectivity index (χ1n) is 8.78. The van der Waals surface area contributed by atoms with E-state index in [-0.39, 0.29) is 36.4 Å². The molecule has 1 aromatic carbocycles. The molecule has 0 saturated carbocycles. The molecule has 6 nitrogen and oxygen atoms in total. The number of nitrogens with one attached hydrogen (secondary N) is 3. The number of carbonyl (C=O) groups is 1. The van der Waals surface area contributed by atoms with Crippen molar-refractivity contribution in [1.29, 1.82) is 0 Å². The van der Waals surface area contributed by atoms with Crippen molar-refractivity contribution in [3.8, 4) is 0 Å². The van der Waals surface area contributed by atoms with Crippen LogP contribution in [0.2, 0.25) is 0 Å². The van der Waals surface area contributed by atoms with Crippen molar-refractivity contribution < 1.29 is 4.79 Å². The van der Waals surface area contributed by atoms with E-state index >= 15 is 0 Å². The monoisotopic (exact) mass is 501 g/mol. The minimum atomic E-state index is -0.0553. The summed E-state index contributed by atoms with van der Waals surface area (Å²) in [5.41, 5.74) is 2.31. The van der Waals surface area contributed by atoms with Gasteiger partial charge in [0.25, 0.3) is 0 Å². The predicted octanol–water partition coefficient (Wildman–Crippen LogP) is 2.91. The molecule has 0 unspecified atom stereocenters. The number of aromatic nitrogens is 1. The number of nitrogens with zero attached hydrogens (tertiary/aromatic N) is 2. The number of thiazole rings is 1. The molecule has 2 aromatic rings. The van der Waals surface area contributed by atoms with Crippen LogP contribution in [0.15, 0.2) is 40.7 Å². The molecule has 2 rings (SSSR count). The Balaban J connectivity index is 0.00000364. The Kier molecular flexibility index (Phi) is 11.0. The second-order valence-electron chi connectivity index (χ2n) is 6.19. The van der Waals surface area contributed by atoms with E-state index in [1.165, 1.54) is 5.56 Å². The van der Waals surface area contributed by atoms with Gasteiger partial charge in [0, 0.05) is 19.0 Å². The summed E-state index contributed by atoms with van der Waals surface area (Å²) in [6, 6.07) is 10.1. The third-order valence-corrected chi connectivity index (χ3v) is 4.65. The van der Waals surface area contributed by atoms with Gasteiger partial charge in [0.15, 0.2) is 5.96 Å². The van der Waals surface area contributed by atoms with Gasteiger partial charge < -0.3 is 16.0 Å². The lowest BCUT2D eigenvalue weighted by molar-refractivity contribution is -0.119. The summed E-state index contributed by atoms with van der Waals surface area (Å²) in [4.78, 5) is 20.7. The molecule has 27 heavy (non-hydrogen) atoms. The van der Waals surface area contributed by atoms with Crippen molar-refractivity contribution in [2.24, 2.45) is 4.99 Å². The molecule has 0 atom stereocenters. The van der Waals surface area contributed by atoms with Gasteiger partial charge in [-0.1, -0.05) is 44.2 Å². The van der Waals surface area contributed by atoms with Gasteiger partial charge in [-0.05, 0) is 17.9 Å². The van der Waals surface area contributed by atoms with Crippen LogP contribution in [0.3, 0.4) is 0 Å². The molecule has 0 aliphatic carbocycles. The number of hydrogen-bond donors (Lipinski definition) is 3. The number of hydrogen-bond acceptors (Lipinski definition) is 4. The van der Waals surface area contributed by atoms with Gasteiger partial charge in [0.1, 0.15) is 5.01 Å².